The van der Waals surface area contributed by atoms with Crippen LogP contribution in [0.5, 0.6) is 0 Å². The maximum absolute atomic E-state index is 5.78. The minimum Gasteiger partial charge on any atom is -0.339 e. The van der Waals surface area contributed by atoms with Crippen molar-refractivity contribution < 1.29 is 4.52 Å². The molecule has 1 saturated heterocycles. The van der Waals surface area contributed by atoms with E-state index in [0.717, 1.165) is 31.3 Å². The average Bonchev–Trinajstić information content (AvgIpc) is 3.13. The Labute approximate surface area is 108 Å². The van der Waals surface area contributed by atoms with Gasteiger partial charge in [-0.05, 0) is 45.1 Å². The van der Waals surface area contributed by atoms with Gasteiger partial charge in [-0.3, -0.25) is 4.90 Å². The first kappa shape index (κ1) is 12.1. The third kappa shape index (κ3) is 2.57. The van der Waals surface area contributed by atoms with Crippen LogP contribution in [-0.2, 0) is 6.54 Å². The first-order chi connectivity index (χ1) is 8.76. The number of rotatable bonds is 4. The van der Waals surface area contributed by atoms with E-state index in [0.29, 0.717) is 17.9 Å². The predicted molar refractivity (Wildman–Crippen MR) is 67.9 cm³/mol. The fourth-order valence-electron chi connectivity index (χ4n) is 2.68. The number of nitrogens with zero attached hydrogens (tertiary/aromatic N) is 3. The quantitative estimate of drug-likeness (QED) is 0.877. The van der Waals surface area contributed by atoms with Gasteiger partial charge >= 0.3 is 0 Å². The minimum absolute atomic E-state index is 0.543. The van der Waals surface area contributed by atoms with Crippen molar-refractivity contribution in [1.29, 1.82) is 0 Å². The Hall–Kier alpha value is -0.940. The molecule has 0 radical (unpaired) electrons. The lowest BCUT2D eigenvalue weighted by Gasteiger charge is -2.36. The normalized spacial score (nSPS) is 29.7. The highest BCUT2D eigenvalue weighted by Gasteiger charge is 2.31. The van der Waals surface area contributed by atoms with Gasteiger partial charge in [-0.2, -0.15) is 4.98 Å². The van der Waals surface area contributed by atoms with Gasteiger partial charge in [0.1, 0.15) is 0 Å². The fourth-order valence-corrected chi connectivity index (χ4v) is 2.68. The van der Waals surface area contributed by atoms with Crippen LogP contribution in [0.25, 0.3) is 0 Å². The van der Waals surface area contributed by atoms with Crippen LogP contribution in [0.2, 0.25) is 0 Å². The average molecular weight is 250 g/mol. The van der Waals surface area contributed by atoms with Gasteiger partial charge in [-0.15, -0.1) is 0 Å². The van der Waals surface area contributed by atoms with Crippen molar-refractivity contribution in [2.75, 3.05) is 13.1 Å². The number of piperidine rings is 1. The van der Waals surface area contributed by atoms with Gasteiger partial charge < -0.3 is 10.3 Å². The van der Waals surface area contributed by atoms with Crippen LogP contribution in [0.1, 0.15) is 50.2 Å². The molecule has 2 heterocycles. The van der Waals surface area contributed by atoms with Crippen molar-refractivity contribution in [3.05, 3.63) is 11.7 Å². The summed E-state index contributed by atoms with van der Waals surface area (Å²) in [7, 11) is 0. The second-order valence-corrected chi connectivity index (χ2v) is 5.78. The molecule has 0 amide bonds. The molecule has 100 valence electrons. The van der Waals surface area contributed by atoms with Crippen LogP contribution in [0.15, 0.2) is 4.52 Å². The molecular formula is C13H22N4O. The van der Waals surface area contributed by atoms with Crippen molar-refractivity contribution in [3.63, 3.8) is 0 Å². The summed E-state index contributed by atoms with van der Waals surface area (Å²) in [6, 6.07) is 0.593. The molecule has 1 aromatic heterocycles. The lowest BCUT2D eigenvalue weighted by Crippen LogP contribution is -2.43. The van der Waals surface area contributed by atoms with E-state index in [9.17, 15) is 0 Å². The molecule has 2 atom stereocenters. The Morgan fingerprint density at radius 3 is 2.89 bits per heavy atom. The van der Waals surface area contributed by atoms with Crippen molar-refractivity contribution in [1.82, 2.24) is 15.0 Å². The van der Waals surface area contributed by atoms with Crippen molar-refractivity contribution in [3.8, 4) is 0 Å². The van der Waals surface area contributed by atoms with Gasteiger partial charge in [0.05, 0.1) is 6.54 Å². The number of nitrogens with two attached hydrogens (primary N) is 1. The highest BCUT2D eigenvalue weighted by atomic mass is 16.5. The SMILES string of the molecule is CC1CCC(CN)CN1Cc1noc(C2CC2)n1. The smallest absolute Gasteiger partial charge is 0.229 e. The third-order valence-electron chi connectivity index (χ3n) is 4.20. The summed E-state index contributed by atoms with van der Waals surface area (Å²) >= 11 is 0. The molecule has 2 N–H and O–H groups in total. The second-order valence-electron chi connectivity index (χ2n) is 5.78. The zero-order valence-electron chi connectivity index (χ0n) is 11.0. The van der Waals surface area contributed by atoms with Crippen LogP contribution in [0.4, 0.5) is 0 Å². The molecule has 0 bridgehead atoms. The molecule has 1 saturated carbocycles. The molecule has 0 spiro atoms. The van der Waals surface area contributed by atoms with E-state index in [2.05, 4.69) is 22.0 Å². The Bertz CT molecular complexity index is 401. The zero-order valence-corrected chi connectivity index (χ0v) is 11.0. The zero-order chi connectivity index (χ0) is 12.5. The molecular weight excluding hydrogens is 228 g/mol. The molecule has 18 heavy (non-hydrogen) atoms. The molecule has 3 rings (SSSR count). The van der Waals surface area contributed by atoms with Gasteiger partial charge in [-0.25, -0.2) is 0 Å². The number of hydrogen-bond acceptors (Lipinski definition) is 5. The van der Waals surface area contributed by atoms with Crippen LogP contribution >= 0.6 is 0 Å². The number of hydrogen-bond donors (Lipinski definition) is 1. The van der Waals surface area contributed by atoms with E-state index in [4.69, 9.17) is 10.3 Å². The molecule has 0 aromatic carbocycles. The Morgan fingerprint density at radius 1 is 1.33 bits per heavy atom. The van der Waals surface area contributed by atoms with Crippen LogP contribution < -0.4 is 5.73 Å². The monoisotopic (exact) mass is 250 g/mol. The fraction of sp³-hybridized carbons (Fsp3) is 0.846. The van der Waals surface area contributed by atoms with Gasteiger partial charge in [-0.1, -0.05) is 5.16 Å². The molecule has 5 nitrogen and oxygen atoms in total. The van der Waals surface area contributed by atoms with E-state index in [1.807, 2.05) is 0 Å². The van der Waals surface area contributed by atoms with E-state index in [1.54, 1.807) is 0 Å². The summed E-state index contributed by atoms with van der Waals surface area (Å²) in [4.78, 5) is 6.93. The minimum atomic E-state index is 0.543. The summed E-state index contributed by atoms with van der Waals surface area (Å²) in [5.74, 6) is 2.84. The molecule has 1 aromatic rings. The number of aromatic nitrogens is 2. The molecule has 5 heteroatoms. The molecule has 1 aliphatic heterocycles. The van der Waals surface area contributed by atoms with Gasteiger partial charge in [0, 0.05) is 18.5 Å². The van der Waals surface area contributed by atoms with Crippen molar-refractivity contribution in [2.24, 2.45) is 11.7 Å². The van der Waals surface area contributed by atoms with Gasteiger partial charge in [0.25, 0.3) is 0 Å². The molecule has 2 unspecified atom stereocenters. The predicted octanol–water partition coefficient (Wildman–Crippen LogP) is 1.51. The molecule has 2 aliphatic rings. The summed E-state index contributed by atoms with van der Waals surface area (Å²) < 4.78 is 5.31. The topological polar surface area (TPSA) is 68.2 Å². The lowest BCUT2D eigenvalue weighted by atomic mass is 9.93. The Kier molecular flexibility index (Phi) is 3.35. The van der Waals surface area contributed by atoms with Crippen LogP contribution in [0, 0.1) is 5.92 Å². The largest absolute Gasteiger partial charge is 0.339 e. The van der Waals surface area contributed by atoms with E-state index in [-0.39, 0.29) is 0 Å². The van der Waals surface area contributed by atoms with Gasteiger partial charge in [0.2, 0.25) is 5.89 Å². The van der Waals surface area contributed by atoms with Gasteiger partial charge in [0.15, 0.2) is 5.82 Å². The molecule has 1 aliphatic carbocycles. The Morgan fingerprint density at radius 2 is 2.17 bits per heavy atom. The van der Waals surface area contributed by atoms with E-state index < -0.39 is 0 Å². The summed E-state index contributed by atoms with van der Waals surface area (Å²) in [6.45, 7) is 4.91. The first-order valence-corrected chi connectivity index (χ1v) is 7.03. The maximum atomic E-state index is 5.78. The molecule has 2 fully saturated rings. The lowest BCUT2D eigenvalue weighted by molar-refractivity contribution is 0.109. The standard InChI is InChI=1S/C13H22N4O/c1-9-2-3-10(6-14)7-17(9)8-12-15-13(18-16-12)11-4-5-11/h9-11H,2-8,14H2,1H3. The first-order valence-electron chi connectivity index (χ1n) is 7.03. The highest BCUT2D eigenvalue weighted by molar-refractivity contribution is 5.02. The van der Waals surface area contributed by atoms with Crippen LogP contribution in [0.3, 0.4) is 0 Å². The Balaban J connectivity index is 1.62. The highest BCUT2D eigenvalue weighted by Crippen LogP contribution is 2.38. The van der Waals surface area contributed by atoms with E-state index >= 15 is 0 Å². The third-order valence-corrected chi connectivity index (χ3v) is 4.20. The summed E-state index contributed by atoms with van der Waals surface area (Å²) in [6.07, 6.45) is 4.87. The van der Waals surface area contributed by atoms with Crippen molar-refractivity contribution >= 4 is 0 Å². The summed E-state index contributed by atoms with van der Waals surface area (Å²) in [5.41, 5.74) is 5.78. The number of likely N-dealkylation sites (tertiary alicyclic amines) is 1. The van der Waals surface area contributed by atoms with Crippen LogP contribution in [-0.4, -0.2) is 34.2 Å². The second kappa shape index (κ2) is 4.97. The maximum Gasteiger partial charge on any atom is 0.229 e. The van der Waals surface area contributed by atoms with E-state index in [1.165, 1.54) is 25.7 Å². The summed E-state index contributed by atoms with van der Waals surface area (Å²) in [5, 5.41) is 4.10. The van der Waals surface area contributed by atoms with Crippen molar-refractivity contribution in [2.45, 2.75) is 51.1 Å².